The third-order valence-corrected chi connectivity index (χ3v) is 4.87. The van der Waals surface area contributed by atoms with Crippen LogP contribution in [0.5, 0.6) is 0 Å². The van der Waals surface area contributed by atoms with Gasteiger partial charge in [-0.05, 0) is 36.6 Å². The van der Waals surface area contributed by atoms with E-state index < -0.39 is 0 Å². The summed E-state index contributed by atoms with van der Waals surface area (Å²) in [5.74, 6) is -0.504. The Bertz CT molecular complexity index is 777. The smallest absolute Gasteiger partial charge is 0.279 e. The molecule has 0 spiro atoms. The van der Waals surface area contributed by atoms with E-state index in [-0.39, 0.29) is 30.8 Å². The van der Waals surface area contributed by atoms with Crippen molar-refractivity contribution >= 4 is 34.7 Å². The predicted molar refractivity (Wildman–Crippen MR) is 106 cm³/mol. The lowest BCUT2D eigenvalue weighted by molar-refractivity contribution is -0.881. The molecule has 1 unspecified atom stereocenters. The predicted octanol–water partition coefficient (Wildman–Crippen LogP) is 0.267. The van der Waals surface area contributed by atoms with Crippen molar-refractivity contribution < 1.29 is 19.3 Å². The lowest BCUT2D eigenvalue weighted by Crippen LogP contribution is -3.13. The van der Waals surface area contributed by atoms with Crippen molar-refractivity contribution in [1.29, 1.82) is 0 Å². The summed E-state index contributed by atoms with van der Waals surface area (Å²) in [6.45, 7) is 3.49. The van der Waals surface area contributed by atoms with Gasteiger partial charge in [-0.2, -0.15) is 0 Å². The second kappa shape index (κ2) is 10.4. The van der Waals surface area contributed by atoms with Gasteiger partial charge in [0.1, 0.15) is 0 Å². The van der Waals surface area contributed by atoms with E-state index in [4.69, 9.17) is 0 Å². The van der Waals surface area contributed by atoms with Crippen LogP contribution in [-0.4, -0.2) is 44.4 Å². The Morgan fingerprint density at radius 2 is 1.85 bits per heavy atom. The fraction of sp³-hybridized carbons (Fsp3) is 0.316. The molecule has 2 aromatic rings. The Morgan fingerprint density at radius 3 is 2.52 bits per heavy atom. The van der Waals surface area contributed by atoms with Crippen LogP contribution in [0.4, 0.5) is 5.69 Å². The fourth-order valence-corrected chi connectivity index (χ4v) is 3.16. The molecule has 0 aliphatic carbocycles. The largest absolute Gasteiger partial charge is 0.355 e. The molecule has 0 saturated heterocycles. The number of rotatable bonds is 9. The number of quaternary nitrogens is 1. The molecule has 8 heteroatoms. The van der Waals surface area contributed by atoms with Crippen molar-refractivity contribution in [2.75, 3.05) is 32.0 Å². The summed E-state index contributed by atoms with van der Waals surface area (Å²) >= 11 is 1.59. The minimum Gasteiger partial charge on any atom is -0.355 e. The first-order chi connectivity index (χ1) is 13.0. The minimum atomic E-state index is -0.214. The van der Waals surface area contributed by atoms with Crippen molar-refractivity contribution in [3.05, 3.63) is 52.2 Å². The second-order valence-electron chi connectivity index (χ2n) is 6.02. The number of likely N-dealkylation sites (N-methyl/N-ethyl adjacent to an activating group) is 1. The van der Waals surface area contributed by atoms with Crippen molar-refractivity contribution in [1.82, 2.24) is 10.6 Å². The molecule has 4 N–H and O–H groups in total. The first kappa shape index (κ1) is 20.6. The summed E-state index contributed by atoms with van der Waals surface area (Å²) in [6.07, 6.45) is 0. The molecule has 27 heavy (non-hydrogen) atoms. The van der Waals surface area contributed by atoms with Gasteiger partial charge in [-0.1, -0.05) is 12.1 Å². The van der Waals surface area contributed by atoms with E-state index in [1.807, 2.05) is 24.4 Å². The van der Waals surface area contributed by atoms with Gasteiger partial charge in [-0.15, -0.1) is 11.3 Å². The Balaban J connectivity index is 1.83. The van der Waals surface area contributed by atoms with Gasteiger partial charge in [-0.25, -0.2) is 0 Å². The van der Waals surface area contributed by atoms with E-state index in [9.17, 15) is 14.4 Å². The second-order valence-corrected chi connectivity index (χ2v) is 7.05. The van der Waals surface area contributed by atoms with Gasteiger partial charge in [0.15, 0.2) is 13.1 Å². The lowest BCUT2D eigenvalue weighted by Gasteiger charge is -2.17. The molecule has 0 saturated carbocycles. The molecular weight excluding hydrogens is 364 g/mol. The number of benzene rings is 1. The first-order valence-corrected chi connectivity index (χ1v) is 9.64. The molecular formula is C19H25N4O3S+. The maximum Gasteiger partial charge on any atom is 0.279 e. The van der Waals surface area contributed by atoms with Crippen LogP contribution >= 0.6 is 11.3 Å². The van der Waals surface area contributed by atoms with Gasteiger partial charge in [0.05, 0.1) is 13.1 Å². The van der Waals surface area contributed by atoms with Gasteiger partial charge in [0.2, 0.25) is 0 Å². The molecule has 2 rings (SSSR count). The van der Waals surface area contributed by atoms with Crippen LogP contribution in [0.15, 0.2) is 41.8 Å². The van der Waals surface area contributed by atoms with Crippen molar-refractivity contribution in [2.45, 2.75) is 13.5 Å². The summed E-state index contributed by atoms with van der Waals surface area (Å²) < 4.78 is 0. The van der Waals surface area contributed by atoms with E-state index in [1.54, 1.807) is 42.6 Å². The average Bonchev–Trinajstić information content (AvgIpc) is 3.19. The van der Waals surface area contributed by atoms with Crippen LogP contribution in [-0.2, 0) is 16.1 Å². The fourth-order valence-electron chi connectivity index (χ4n) is 2.52. The SMILES string of the molecule is CC[NH+](CC(=O)NCc1cccs1)CC(=O)Nc1cccc(C(=O)NC)c1. The number of carbonyl (C=O) groups is 3. The van der Waals surface area contributed by atoms with E-state index in [2.05, 4.69) is 16.0 Å². The van der Waals surface area contributed by atoms with Gasteiger partial charge in [-0.3, -0.25) is 14.4 Å². The third kappa shape index (κ3) is 6.84. The first-order valence-electron chi connectivity index (χ1n) is 8.76. The summed E-state index contributed by atoms with van der Waals surface area (Å²) in [6, 6.07) is 10.6. The molecule has 1 aromatic heterocycles. The number of thiophene rings is 1. The van der Waals surface area contributed by atoms with Gasteiger partial charge < -0.3 is 20.9 Å². The van der Waals surface area contributed by atoms with Crippen LogP contribution in [0.3, 0.4) is 0 Å². The van der Waals surface area contributed by atoms with Crippen LogP contribution < -0.4 is 20.9 Å². The number of nitrogens with one attached hydrogen (secondary N) is 4. The molecule has 1 aromatic carbocycles. The summed E-state index contributed by atoms with van der Waals surface area (Å²) in [5, 5.41) is 10.2. The summed E-state index contributed by atoms with van der Waals surface area (Å²) in [7, 11) is 1.56. The Morgan fingerprint density at radius 1 is 1.07 bits per heavy atom. The number of amides is 3. The highest BCUT2D eigenvalue weighted by molar-refractivity contribution is 7.09. The van der Waals surface area contributed by atoms with E-state index >= 15 is 0 Å². The molecule has 0 radical (unpaired) electrons. The number of hydrogen-bond acceptors (Lipinski definition) is 4. The van der Waals surface area contributed by atoms with Crippen LogP contribution in [0, 0.1) is 0 Å². The Hall–Kier alpha value is -2.71. The third-order valence-electron chi connectivity index (χ3n) is 4.00. The number of anilines is 1. The van der Waals surface area contributed by atoms with Gasteiger partial charge in [0, 0.05) is 23.2 Å². The monoisotopic (exact) mass is 389 g/mol. The highest BCUT2D eigenvalue weighted by Gasteiger charge is 2.17. The molecule has 144 valence electrons. The number of carbonyl (C=O) groups excluding carboxylic acids is 3. The van der Waals surface area contributed by atoms with Crippen LogP contribution in [0.25, 0.3) is 0 Å². The zero-order chi connectivity index (χ0) is 19.6. The molecule has 7 nitrogen and oxygen atoms in total. The normalized spacial score (nSPS) is 11.5. The van der Waals surface area contributed by atoms with Crippen LogP contribution in [0.2, 0.25) is 0 Å². The summed E-state index contributed by atoms with van der Waals surface area (Å²) in [4.78, 5) is 38.0. The number of hydrogen-bond donors (Lipinski definition) is 4. The standard InChI is InChI=1S/C19H24N4O3S/c1-3-23(12-17(24)21-11-16-8-5-9-27-16)13-18(25)22-15-7-4-6-14(10-15)19(26)20-2/h4-10H,3,11-13H2,1-2H3,(H,20,26)(H,21,24)(H,22,25)/p+1. The Kier molecular flexibility index (Phi) is 7.97. The maximum atomic E-state index is 12.3. The molecule has 0 aliphatic rings. The molecule has 3 amide bonds. The van der Waals surface area contributed by atoms with E-state index in [0.29, 0.717) is 24.3 Å². The molecule has 1 heterocycles. The topological polar surface area (TPSA) is 91.7 Å². The van der Waals surface area contributed by atoms with E-state index in [0.717, 1.165) is 9.78 Å². The molecule has 0 aliphatic heterocycles. The van der Waals surface area contributed by atoms with Gasteiger partial charge in [0.25, 0.3) is 17.7 Å². The zero-order valence-electron chi connectivity index (χ0n) is 15.5. The summed E-state index contributed by atoms with van der Waals surface area (Å²) in [5.41, 5.74) is 1.03. The van der Waals surface area contributed by atoms with Crippen molar-refractivity contribution in [3.63, 3.8) is 0 Å². The highest BCUT2D eigenvalue weighted by Crippen LogP contribution is 2.10. The molecule has 0 bridgehead atoms. The van der Waals surface area contributed by atoms with E-state index in [1.165, 1.54) is 0 Å². The van der Waals surface area contributed by atoms with Gasteiger partial charge >= 0.3 is 0 Å². The zero-order valence-corrected chi connectivity index (χ0v) is 16.3. The highest BCUT2D eigenvalue weighted by atomic mass is 32.1. The average molecular weight is 390 g/mol. The quantitative estimate of drug-likeness (QED) is 0.496. The minimum absolute atomic E-state index is 0.0883. The van der Waals surface area contributed by atoms with Crippen molar-refractivity contribution in [3.8, 4) is 0 Å². The van der Waals surface area contributed by atoms with Crippen molar-refractivity contribution in [2.24, 2.45) is 0 Å². The molecule has 1 atom stereocenters. The van der Waals surface area contributed by atoms with Crippen LogP contribution in [0.1, 0.15) is 22.2 Å². The lowest BCUT2D eigenvalue weighted by atomic mass is 10.2. The maximum absolute atomic E-state index is 12.3. The molecule has 0 fully saturated rings. The Labute approximate surface area is 162 Å².